The van der Waals surface area contributed by atoms with Crippen molar-refractivity contribution in [2.75, 3.05) is 0 Å². The molecule has 0 bridgehead atoms. The van der Waals surface area contributed by atoms with E-state index in [4.69, 9.17) is 10.2 Å². The van der Waals surface area contributed by atoms with Crippen LogP contribution >= 0.6 is 0 Å². The Kier molecular flexibility index (Phi) is 8.07. The monoisotopic (exact) mass is 476 g/mol. The van der Waals surface area contributed by atoms with Crippen LogP contribution in [0.15, 0.2) is 48.5 Å². The second-order valence-corrected chi connectivity index (χ2v) is 3.66. The standard InChI is InChI=1S/2C7H6O3.Hg/c2*8-6-3-1-5(2-4-6)7(9)10;/h2*1-4,8H,(H,9,10);/q;;+2/p-2. The van der Waals surface area contributed by atoms with Gasteiger partial charge in [-0.25, -0.2) is 9.59 Å². The first-order valence-corrected chi connectivity index (χ1v) is 5.41. The SMILES string of the molecule is O=C(O)c1ccc([O-])cc1.O=C(O)c1ccc([O-])cc1.[Hg+2]. The smallest absolute Gasteiger partial charge is 0.872 e. The molecule has 2 aromatic rings. The average molecular weight is 475 g/mol. The van der Waals surface area contributed by atoms with E-state index in [2.05, 4.69) is 0 Å². The maximum atomic E-state index is 10.5. The second-order valence-electron chi connectivity index (χ2n) is 3.66. The van der Waals surface area contributed by atoms with Gasteiger partial charge in [0.15, 0.2) is 0 Å². The van der Waals surface area contributed by atoms with Crippen molar-refractivity contribution in [1.29, 1.82) is 0 Å². The Labute approximate surface area is 140 Å². The Bertz CT molecular complexity index is 536. The van der Waals surface area contributed by atoms with Crippen molar-refractivity contribution in [3.63, 3.8) is 0 Å². The van der Waals surface area contributed by atoms with Crippen LogP contribution in [0.1, 0.15) is 20.7 Å². The maximum absolute atomic E-state index is 10.5. The first-order chi connectivity index (χ1) is 9.40. The van der Waals surface area contributed by atoms with Gasteiger partial charge in [0.1, 0.15) is 0 Å². The van der Waals surface area contributed by atoms with Crippen molar-refractivity contribution in [3.05, 3.63) is 59.7 Å². The van der Waals surface area contributed by atoms with E-state index in [9.17, 15) is 19.8 Å². The number of aromatic carboxylic acids is 2. The summed E-state index contributed by atoms with van der Waals surface area (Å²) in [7, 11) is 0. The van der Waals surface area contributed by atoms with Gasteiger partial charge in [-0.05, 0) is 24.3 Å². The summed E-state index contributed by atoms with van der Waals surface area (Å²) in [5.41, 5.74) is 0.277. The number of carboxylic acids is 2. The number of hydrogen-bond donors (Lipinski definition) is 2. The van der Waals surface area contributed by atoms with Crippen LogP contribution in [0.3, 0.4) is 0 Å². The minimum absolute atomic E-state index is 0. The fraction of sp³-hybridized carbons (Fsp3) is 0. The van der Waals surface area contributed by atoms with Crippen molar-refractivity contribution in [2.45, 2.75) is 0 Å². The molecule has 0 aliphatic heterocycles. The third kappa shape index (κ3) is 6.76. The van der Waals surface area contributed by atoms with E-state index in [1.165, 1.54) is 48.5 Å². The molecule has 6 nitrogen and oxygen atoms in total. The number of rotatable bonds is 2. The second kappa shape index (κ2) is 8.96. The molecule has 0 fully saturated rings. The number of hydrogen-bond acceptors (Lipinski definition) is 4. The van der Waals surface area contributed by atoms with E-state index in [1.54, 1.807) is 0 Å². The summed E-state index contributed by atoms with van der Waals surface area (Å²) >= 11 is 0. The molecule has 2 rings (SSSR count). The molecule has 0 heterocycles. The Morgan fingerprint density at radius 1 is 0.667 bits per heavy atom. The molecule has 0 aliphatic rings. The summed E-state index contributed by atoms with van der Waals surface area (Å²) in [6, 6.07) is 10.0. The Balaban J connectivity index is 0.000000364. The Morgan fingerprint density at radius 3 is 1.10 bits per heavy atom. The van der Waals surface area contributed by atoms with Crippen LogP contribution in [-0.2, 0) is 27.7 Å². The molecule has 2 aromatic carbocycles. The van der Waals surface area contributed by atoms with E-state index in [-0.39, 0.29) is 50.3 Å². The summed E-state index contributed by atoms with van der Waals surface area (Å²) in [6.07, 6.45) is 0. The molecule has 0 unspecified atom stereocenters. The van der Waals surface area contributed by atoms with Gasteiger partial charge in [-0.3, -0.25) is 0 Å². The first-order valence-electron chi connectivity index (χ1n) is 5.41. The molecule has 0 saturated carbocycles. The minimum Gasteiger partial charge on any atom is -0.872 e. The Morgan fingerprint density at radius 2 is 0.905 bits per heavy atom. The zero-order valence-electron chi connectivity index (χ0n) is 10.9. The fourth-order valence-corrected chi connectivity index (χ4v) is 1.20. The normalized spacial score (nSPS) is 8.76. The molecule has 0 saturated heterocycles. The number of carboxylic acid groups (broad SMARTS) is 2. The summed E-state index contributed by atoms with van der Waals surface area (Å²) in [6.45, 7) is 0. The summed E-state index contributed by atoms with van der Waals surface area (Å²) in [4.78, 5) is 20.4. The Hall–Kier alpha value is -2.08. The van der Waals surface area contributed by atoms with Crippen molar-refractivity contribution in [2.24, 2.45) is 0 Å². The molecule has 0 atom stereocenters. The van der Waals surface area contributed by atoms with Gasteiger partial charge < -0.3 is 20.4 Å². The van der Waals surface area contributed by atoms with Crippen molar-refractivity contribution >= 4 is 11.9 Å². The molecular weight excluding hydrogens is 465 g/mol. The van der Waals surface area contributed by atoms with Gasteiger partial charge in [0.2, 0.25) is 0 Å². The topological polar surface area (TPSA) is 121 Å². The number of carbonyl (C=O) groups is 2. The van der Waals surface area contributed by atoms with Gasteiger partial charge in [0.25, 0.3) is 0 Å². The average Bonchev–Trinajstić information content (AvgIpc) is 2.40. The van der Waals surface area contributed by atoms with Gasteiger partial charge in [-0.15, -0.1) is 11.5 Å². The predicted molar refractivity (Wildman–Crippen MR) is 65.7 cm³/mol. The van der Waals surface area contributed by atoms with Gasteiger partial charge in [0, 0.05) is 0 Å². The van der Waals surface area contributed by atoms with Crippen LogP contribution in [0.25, 0.3) is 0 Å². The molecule has 0 amide bonds. The van der Waals surface area contributed by atoms with E-state index in [0.717, 1.165) is 0 Å². The van der Waals surface area contributed by atoms with Gasteiger partial charge in [0.05, 0.1) is 11.1 Å². The summed E-state index contributed by atoms with van der Waals surface area (Å²) < 4.78 is 0. The molecule has 21 heavy (non-hydrogen) atoms. The maximum Gasteiger partial charge on any atom is 2.00 e. The van der Waals surface area contributed by atoms with Gasteiger partial charge >= 0.3 is 39.6 Å². The van der Waals surface area contributed by atoms with Gasteiger partial charge in [-0.1, -0.05) is 24.3 Å². The van der Waals surface area contributed by atoms with Crippen LogP contribution in [0.4, 0.5) is 0 Å². The summed E-state index contributed by atoms with van der Waals surface area (Å²) in [5, 5.41) is 37.6. The fourth-order valence-electron chi connectivity index (χ4n) is 1.20. The van der Waals surface area contributed by atoms with Crippen molar-refractivity contribution in [1.82, 2.24) is 0 Å². The van der Waals surface area contributed by atoms with Crippen LogP contribution in [0.2, 0.25) is 0 Å². The first kappa shape index (κ1) is 18.9. The molecule has 0 spiro atoms. The molecule has 104 valence electrons. The third-order valence-electron chi connectivity index (χ3n) is 2.20. The largest absolute Gasteiger partial charge is 2.00 e. The van der Waals surface area contributed by atoms with Crippen LogP contribution < -0.4 is 10.2 Å². The van der Waals surface area contributed by atoms with Crippen LogP contribution in [-0.4, -0.2) is 22.2 Å². The summed E-state index contributed by atoms with van der Waals surface area (Å²) in [5.74, 6) is -2.38. The molecule has 2 N–H and O–H groups in total. The van der Waals surface area contributed by atoms with E-state index in [1.807, 2.05) is 0 Å². The van der Waals surface area contributed by atoms with E-state index in [0.29, 0.717) is 0 Å². The number of benzene rings is 2. The molecular formula is C14H10HgO6. The zero-order chi connectivity index (χ0) is 15.1. The van der Waals surface area contributed by atoms with Crippen LogP contribution in [0, 0.1) is 0 Å². The zero-order valence-corrected chi connectivity index (χ0v) is 16.4. The molecule has 0 aromatic heterocycles. The van der Waals surface area contributed by atoms with E-state index >= 15 is 0 Å². The van der Waals surface area contributed by atoms with Crippen molar-refractivity contribution < 1.29 is 57.7 Å². The predicted octanol–water partition coefficient (Wildman–Crippen LogP) is 0.914. The quantitative estimate of drug-likeness (QED) is 0.624. The van der Waals surface area contributed by atoms with Crippen LogP contribution in [0.5, 0.6) is 11.5 Å². The van der Waals surface area contributed by atoms with E-state index < -0.39 is 11.9 Å². The van der Waals surface area contributed by atoms with Crippen molar-refractivity contribution in [3.8, 4) is 11.5 Å². The molecule has 7 heteroatoms. The molecule has 0 radical (unpaired) electrons. The van der Waals surface area contributed by atoms with Gasteiger partial charge in [-0.2, -0.15) is 0 Å². The minimum atomic E-state index is -1.01. The third-order valence-corrected chi connectivity index (χ3v) is 2.20. The molecule has 0 aliphatic carbocycles.